The van der Waals surface area contributed by atoms with Crippen molar-refractivity contribution in [2.45, 2.75) is 6.61 Å². The summed E-state index contributed by atoms with van der Waals surface area (Å²) in [6, 6.07) is 17.1. The molecule has 0 radical (unpaired) electrons. The first-order chi connectivity index (χ1) is 15.0. The van der Waals surface area contributed by atoms with Crippen LogP contribution in [0.1, 0.15) is 16.1 Å². The molecule has 4 nitrogen and oxygen atoms in total. The predicted molar refractivity (Wildman–Crippen MR) is 118 cm³/mol. The number of nitrogens with one attached hydrogen (secondary N) is 1. The van der Waals surface area contributed by atoms with E-state index < -0.39 is 17.5 Å². The van der Waals surface area contributed by atoms with Crippen LogP contribution in [-0.2, 0) is 6.61 Å². The Balaban J connectivity index is 1.44. The summed E-state index contributed by atoms with van der Waals surface area (Å²) in [5.74, 6) is -1.00. The monoisotopic (exact) mass is 456 g/mol. The minimum absolute atomic E-state index is 0.144. The molecule has 0 aliphatic heterocycles. The largest absolute Gasteiger partial charge is 0.489 e. The number of nitrogens with zero attached hydrogens (tertiary/aromatic N) is 1. The molecule has 0 atom stereocenters. The van der Waals surface area contributed by atoms with Crippen LogP contribution >= 0.6 is 22.9 Å². The first-order valence-electron chi connectivity index (χ1n) is 9.17. The zero-order chi connectivity index (χ0) is 21.8. The molecule has 8 heteroatoms. The molecule has 3 aromatic carbocycles. The number of ether oxygens (including phenoxy) is 1. The highest BCUT2D eigenvalue weighted by molar-refractivity contribution is 7.13. The van der Waals surface area contributed by atoms with Crippen molar-refractivity contribution in [3.63, 3.8) is 0 Å². The maximum atomic E-state index is 14.7. The molecule has 156 valence electrons. The van der Waals surface area contributed by atoms with Gasteiger partial charge in [0.05, 0.1) is 0 Å². The van der Waals surface area contributed by atoms with Crippen molar-refractivity contribution in [1.82, 2.24) is 4.98 Å². The molecule has 31 heavy (non-hydrogen) atoms. The van der Waals surface area contributed by atoms with Gasteiger partial charge in [-0.1, -0.05) is 23.7 Å². The normalized spacial score (nSPS) is 10.7. The zero-order valence-corrected chi connectivity index (χ0v) is 17.5. The zero-order valence-electron chi connectivity index (χ0n) is 15.9. The molecule has 0 spiro atoms. The average Bonchev–Trinajstić information content (AvgIpc) is 3.24. The molecule has 1 heterocycles. The van der Waals surface area contributed by atoms with Gasteiger partial charge in [-0.3, -0.25) is 4.79 Å². The van der Waals surface area contributed by atoms with E-state index in [1.807, 2.05) is 12.1 Å². The second-order valence-electron chi connectivity index (χ2n) is 6.56. The quantitative estimate of drug-likeness (QED) is 0.357. The fraction of sp³-hybridized carbons (Fsp3) is 0.0435. The molecule has 4 aromatic rings. The van der Waals surface area contributed by atoms with Gasteiger partial charge < -0.3 is 10.1 Å². The van der Waals surface area contributed by atoms with Crippen molar-refractivity contribution in [2.75, 3.05) is 5.32 Å². The Hall–Kier alpha value is -3.29. The van der Waals surface area contributed by atoms with Crippen LogP contribution in [0.2, 0.25) is 5.02 Å². The average molecular weight is 457 g/mol. The molecule has 1 amide bonds. The van der Waals surface area contributed by atoms with Crippen LogP contribution < -0.4 is 10.1 Å². The van der Waals surface area contributed by atoms with E-state index in [2.05, 4.69) is 10.3 Å². The van der Waals surface area contributed by atoms with Crippen LogP contribution in [0.25, 0.3) is 10.6 Å². The summed E-state index contributed by atoms with van der Waals surface area (Å²) in [5, 5.41) is 5.13. The van der Waals surface area contributed by atoms with E-state index in [4.69, 9.17) is 16.3 Å². The van der Waals surface area contributed by atoms with Crippen molar-refractivity contribution < 1.29 is 18.3 Å². The van der Waals surface area contributed by atoms with Gasteiger partial charge in [-0.15, -0.1) is 11.3 Å². The van der Waals surface area contributed by atoms with Gasteiger partial charge in [0.25, 0.3) is 5.91 Å². The maximum Gasteiger partial charge on any atom is 0.275 e. The number of aromatic nitrogens is 1. The molecule has 1 aromatic heterocycles. The molecule has 0 fully saturated rings. The summed E-state index contributed by atoms with van der Waals surface area (Å²) in [6.07, 6.45) is 0. The van der Waals surface area contributed by atoms with E-state index in [1.165, 1.54) is 35.7 Å². The summed E-state index contributed by atoms with van der Waals surface area (Å²) in [5.41, 5.74) is 1.72. The minimum atomic E-state index is -0.511. The van der Waals surface area contributed by atoms with Crippen LogP contribution in [0.5, 0.6) is 5.75 Å². The van der Waals surface area contributed by atoms with Gasteiger partial charge in [-0.25, -0.2) is 13.8 Å². The highest BCUT2D eigenvalue weighted by Gasteiger charge is 2.15. The van der Waals surface area contributed by atoms with Gasteiger partial charge in [0, 0.05) is 27.7 Å². The van der Waals surface area contributed by atoms with Gasteiger partial charge >= 0.3 is 0 Å². The Morgan fingerprint density at radius 2 is 1.87 bits per heavy atom. The van der Waals surface area contributed by atoms with Crippen molar-refractivity contribution in [2.24, 2.45) is 0 Å². The molecule has 4 rings (SSSR count). The minimum Gasteiger partial charge on any atom is -0.489 e. The first kappa shape index (κ1) is 21.0. The topological polar surface area (TPSA) is 51.2 Å². The van der Waals surface area contributed by atoms with Crippen LogP contribution in [0.15, 0.2) is 72.1 Å². The third-order valence-electron chi connectivity index (χ3n) is 4.30. The van der Waals surface area contributed by atoms with E-state index in [9.17, 15) is 13.6 Å². The Bertz CT molecular complexity index is 1230. The van der Waals surface area contributed by atoms with E-state index in [1.54, 1.807) is 24.3 Å². The van der Waals surface area contributed by atoms with Crippen molar-refractivity contribution >= 4 is 34.5 Å². The van der Waals surface area contributed by atoms with Gasteiger partial charge in [0.2, 0.25) is 0 Å². The molecule has 0 saturated heterocycles. The fourth-order valence-electron chi connectivity index (χ4n) is 2.78. The third kappa shape index (κ3) is 5.25. The number of carbonyl (C=O) groups is 1. The van der Waals surface area contributed by atoms with Gasteiger partial charge in [0.1, 0.15) is 34.7 Å². The van der Waals surface area contributed by atoms with E-state index in [0.717, 1.165) is 16.9 Å². The Labute approximate surface area is 186 Å². The molecule has 0 aliphatic carbocycles. The van der Waals surface area contributed by atoms with Crippen molar-refractivity contribution in [3.8, 4) is 16.3 Å². The molecule has 0 bridgehead atoms. The van der Waals surface area contributed by atoms with Gasteiger partial charge in [-0.05, 0) is 54.1 Å². The summed E-state index contributed by atoms with van der Waals surface area (Å²) in [4.78, 5) is 16.6. The number of anilines is 1. The smallest absolute Gasteiger partial charge is 0.275 e. The lowest BCUT2D eigenvalue weighted by Crippen LogP contribution is -2.12. The summed E-state index contributed by atoms with van der Waals surface area (Å²) < 4.78 is 33.3. The SMILES string of the molecule is O=C(Nc1ccc(F)cc1)c1csc(-c2ccc(OCc3cccc(Cl)c3)cc2F)n1. The first-order valence-corrected chi connectivity index (χ1v) is 10.4. The third-order valence-corrected chi connectivity index (χ3v) is 5.42. The number of thiazole rings is 1. The number of amides is 1. The molecule has 0 unspecified atom stereocenters. The predicted octanol–water partition coefficient (Wildman–Crippen LogP) is 6.57. The lowest BCUT2D eigenvalue weighted by atomic mass is 10.2. The van der Waals surface area contributed by atoms with E-state index in [-0.39, 0.29) is 17.9 Å². The summed E-state index contributed by atoms with van der Waals surface area (Å²) >= 11 is 7.10. The lowest BCUT2D eigenvalue weighted by Gasteiger charge is -2.08. The highest BCUT2D eigenvalue weighted by atomic mass is 35.5. The van der Waals surface area contributed by atoms with Crippen LogP contribution in [0.4, 0.5) is 14.5 Å². The fourth-order valence-corrected chi connectivity index (χ4v) is 3.82. The van der Waals surface area contributed by atoms with Crippen LogP contribution in [0, 0.1) is 11.6 Å². The van der Waals surface area contributed by atoms with Crippen molar-refractivity contribution in [1.29, 1.82) is 0 Å². The summed E-state index contributed by atoms with van der Waals surface area (Å²) in [7, 11) is 0. The molecule has 0 aliphatic rings. The molecule has 0 saturated carbocycles. The van der Waals surface area contributed by atoms with Gasteiger partial charge in [-0.2, -0.15) is 0 Å². The number of rotatable bonds is 6. The number of benzene rings is 3. The standard InChI is InChI=1S/C23H15ClF2N2O2S/c24-15-3-1-2-14(10-15)12-30-18-8-9-19(20(26)11-18)23-28-21(13-31-23)22(29)27-17-6-4-16(25)5-7-17/h1-11,13H,12H2,(H,27,29). The lowest BCUT2D eigenvalue weighted by molar-refractivity contribution is 0.102. The van der Waals surface area contributed by atoms with Crippen LogP contribution in [0.3, 0.4) is 0 Å². The van der Waals surface area contributed by atoms with Crippen LogP contribution in [-0.4, -0.2) is 10.9 Å². The van der Waals surface area contributed by atoms with Crippen molar-refractivity contribution in [3.05, 3.63) is 100 Å². The number of hydrogen-bond donors (Lipinski definition) is 1. The maximum absolute atomic E-state index is 14.7. The molecular weight excluding hydrogens is 442 g/mol. The summed E-state index contributed by atoms with van der Waals surface area (Å²) in [6.45, 7) is 0.254. The second kappa shape index (κ2) is 9.24. The second-order valence-corrected chi connectivity index (χ2v) is 7.85. The molecular formula is C23H15ClF2N2O2S. The van der Waals surface area contributed by atoms with E-state index in [0.29, 0.717) is 21.5 Å². The Morgan fingerprint density at radius 1 is 1.06 bits per heavy atom. The van der Waals surface area contributed by atoms with Gasteiger partial charge in [0.15, 0.2) is 0 Å². The Morgan fingerprint density at radius 3 is 2.61 bits per heavy atom. The molecule has 1 N–H and O–H groups in total. The number of carbonyl (C=O) groups excluding carboxylic acids is 1. The Kier molecular flexibility index (Phi) is 6.25. The van der Waals surface area contributed by atoms with E-state index >= 15 is 0 Å². The highest BCUT2D eigenvalue weighted by Crippen LogP contribution is 2.29. The number of hydrogen-bond acceptors (Lipinski definition) is 4. The number of halogens is 3.